The van der Waals surface area contributed by atoms with E-state index >= 15 is 0 Å². The van der Waals surface area contributed by atoms with E-state index in [1.54, 1.807) is 13.8 Å². The number of fused-ring (bicyclic) bond motifs is 2. The molecule has 0 spiro atoms. The third kappa shape index (κ3) is 12.9. The van der Waals surface area contributed by atoms with Crippen molar-refractivity contribution in [1.82, 2.24) is 9.80 Å². The average molecular weight is 1220 g/mol. The van der Waals surface area contributed by atoms with Crippen molar-refractivity contribution < 1.29 is 72.4 Å². The van der Waals surface area contributed by atoms with Crippen molar-refractivity contribution in [2.24, 2.45) is 35.5 Å². The number of benzene rings is 2. The molecular formula is C53H62I2N2O15. The minimum atomic E-state index is -0.781. The van der Waals surface area contributed by atoms with Crippen LogP contribution in [0.25, 0.3) is 0 Å². The molecule has 0 radical (unpaired) electrons. The number of esters is 2. The third-order valence-corrected chi connectivity index (χ3v) is 14.5. The number of aliphatic hydroxyl groups is 1. The fraction of sp³-hybridized carbons (Fsp3) is 0.434. The van der Waals surface area contributed by atoms with Gasteiger partial charge in [0.1, 0.15) is 62.5 Å². The van der Waals surface area contributed by atoms with Gasteiger partial charge in [-0.05, 0) is 93.4 Å². The topological polar surface area (TPSA) is 203 Å². The van der Waals surface area contributed by atoms with Gasteiger partial charge >= 0.3 is 23.9 Å². The van der Waals surface area contributed by atoms with Gasteiger partial charge in [-0.3, -0.25) is 19.4 Å². The first kappa shape index (κ1) is 57.5. The molecule has 6 unspecified atom stereocenters. The minimum Gasteiger partial charge on any atom is -0.488 e. The second kappa shape index (κ2) is 27.1. The molecule has 2 amide bonds. The maximum atomic E-state index is 13.2. The van der Waals surface area contributed by atoms with Crippen LogP contribution in [0.1, 0.15) is 52.2 Å². The molecule has 8 atom stereocenters. The van der Waals surface area contributed by atoms with Crippen LogP contribution in [-0.2, 0) is 70.6 Å². The van der Waals surface area contributed by atoms with E-state index in [4.69, 9.17) is 43.6 Å². The molecule has 19 heteroatoms. The second-order valence-electron chi connectivity index (χ2n) is 17.4. The highest BCUT2D eigenvalue weighted by molar-refractivity contribution is 14.1. The van der Waals surface area contributed by atoms with Crippen LogP contribution < -0.4 is 9.47 Å². The van der Waals surface area contributed by atoms with Crippen molar-refractivity contribution in [3.63, 3.8) is 0 Å². The number of amides is 2. The first-order chi connectivity index (χ1) is 34.5. The lowest BCUT2D eigenvalue weighted by Crippen LogP contribution is -2.63. The van der Waals surface area contributed by atoms with Gasteiger partial charge in [0.05, 0.1) is 42.9 Å². The van der Waals surface area contributed by atoms with Crippen molar-refractivity contribution in [2.75, 3.05) is 46.2 Å². The lowest BCUT2D eigenvalue weighted by molar-refractivity contribution is -0.271. The molecular weight excluding hydrogens is 1160 g/mol. The van der Waals surface area contributed by atoms with Crippen LogP contribution in [0, 0.1) is 42.6 Å². The summed E-state index contributed by atoms with van der Waals surface area (Å²) in [5.74, 6) is -5.35. The van der Waals surface area contributed by atoms with Crippen LogP contribution in [0.4, 0.5) is 0 Å². The third-order valence-electron chi connectivity index (χ3n) is 12.8. The lowest BCUT2D eigenvalue weighted by Gasteiger charge is -2.47. The average Bonchev–Trinajstić information content (AvgIpc) is 3.76. The van der Waals surface area contributed by atoms with E-state index in [9.17, 15) is 28.8 Å². The Kier molecular flexibility index (Phi) is 21.6. The number of ether oxygens (including phenoxy) is 4. The molecule has 4 aliphatic heterocycles. The van der Waals surface area contributed by atoms with Gasteiger partial charge in [0.15, 0.2) is 0 Å². The van der Waals surface area contributed by atoms with E-state index in [0.717, 1.165) is 25.5 Å². The lowest BCUT2D eigenvalue weighted by atomic mass is 9.74. The number of hydrogen-bond donors (Lipinski definition) is 1. The summed E-state index contributed by atoms with van der Waals surface area (Å²) < 4.78 is 24.6. The Hall–Kier alpha value is -5.36. The highest BCUT2D eigenvalue weighted by Gasteiger charge is 2.63. The van der Waals surface area contributed by atoms with Gasteiger partial charge in [0, 0.05) is 29.6 Å². The van der Waals surface area contributed by atoms with Gasteiger partial charge < -0.3 is 33.9 Å². The standard InChI is InChI=1S/C27H32INO7.C26H30INO8/c1-6-9-18-10-11-21(20(28)14-18)34-15-19-16(4)23-22(17(5)26(31)36-35-13-8-3)25(30)29(23)24(19)27(32)33-12-7-2;1-5-11-33-26(32)23-18(14-34-20-8-7-17(9-10-29)13-19(20)27)15(3)22-21(24(30)28(22)23)16(4)25(31)36-35-12-6-2/h7-8,10-11,14,16-17,22-23H,2-3,6,9,12-13,15H2,1,4-5H3;5-8,13,15-16,21-22,29H,1-2,9-12,14H2,3-4H3/t16-,17?,22?,23?;15-,16?,21?,22?/m00/s1. The molecule has 388 valence electrons. The molecule has 4 heterocycles. The van der Waals surface area contributed by atoms with E-state index in [-0.39, 0.29) is 81.3 Å². The number of aryl methyl sites for hydroxylation is 1. The maximum absolute atomic E-state index is 13.2. The number of rotatable bonds is 26. The summed E-state index contributed by atoms with van der Waals surface area (Å²) in [6, 6.07) is 10.8. The van der Waals surface area contributed by atoms with Crippen LogP contribution in [0.15, 0.2) is 110 Å². The van der Waals surface area contributed by atoms with Crippen LogP contribution in [0.5, 0.6) is 11.5 Å². The van der Waals surface area contributed by atoms with Gasteiger partial charge in [-0.2, -0.15) is 9.78 Å². The van der Waals surface area contributed by atoms with E-state index in [1.807, 2.05) is 44.2 Å². The van der Waals surface area contributed by atoms with Gasteiger partial charge in [-0.25, -0.2) is 19.2 Å². The highest BCUT2D eigenvalue weighted by Crippen LogP contribution is 2.50. The normalized spacial score (nSPS) is 21.4. The van der Waals surface area contributed by atoms with E-state index < -0.39 is 59.6 Å². The van der Waals surface area contributed by atoms with Crippen molar-refractivity contribution in [3.05, 3.63) is 128 Å². The maximum Gasteiger partial charge on any atom is 0.355 e. The summed E-state index contributed by atoms with van der Waals surface area (Å²) in [5, 5.41) is 9.16. The second-order valence-corrected chi connectivity index (χ2v) is 19.7. The number of carbonyl (C=O) groups excluding carboxylic acids is 6. The summed E-state index contributed by atoms with van der Waals surface area (Å²) in [6.45, 7) is 23.6. The molecule has 2 aromatic rings. The summed E-state index contributed by atoms with van der Waals surface area (Å²) >= 11 is 4.38. The zero-order valence-corrected chi connectivity index (χ0v) is 45.4. The van der Waals surface area contributed by atoms with E-state index in [2.05, 4.69) is 84.5 Å². The van der Waals surface area contributed by atoms with Crippen molar-refractivity contribution in [3.8, 4) is 11.5 Å². The molecule has 72 heavy (non-hydrogen) atoms. The van der Waals surface area contributed by atoms with Gasteiger partial charge in [-0.15, -0.1) is 13.2 Å². The monoisotopic (exact) mass is 1220 g/mol. The Labute approximate surface area is 447 Å². The first-order valence-corrected chi connectivity index (χ1v) is 25.7. The fourth-order valence-electron chi connectivity index (χ4n) is 9.18. The molecule has 1 N–H and O–H groups in total. The molecule has 6 rings (SSSR count). The SMILES string of the molecule is C=CCOOC(=O)C(C)C1C(=O)N2C(C(=O)OCC=C)=C(COc3ccc(CCC)cc3I)[C@H](C)C12.C=CCOOC(=O)C(C)C1C(=O)N2C(C(=O)OCC=C)=C(COc3ccc(CCO)cc3I)[C@H](C)C12. The molecule has 0 aromatic heterocycles. The molecule has 17 nitrogen and oxygen atoms in total. The highest BCUT2D eigenvalue weighted by atomic mass is 127. The number of nitrogens with zero attached hydrogens (tertiary/aromatic N) is 2. The number of β-lactam (4-membered cyclic amide) rings is 2. The Morgan fingerprint density at radius 2 is 1.04 bits per heavy atom. The fourth-order valence-corrected chi connectivity index (χ4v) is 10.6. The molecule has 2 saturated heterocycles. The van der Waals surface area contributed by atoms with Crippen molar-refractivity contribution in [2.45, 2.75) is 66.0 Å². The molecule has 4 aliphatic rings. The number of aliphatic hydroxyl groups excluding tert-OH is 1. The van der Waals surface area contributed by atoms with E-state index in [0.29, 0.717) is 29.1 Å². The molecule has 2 aromatic carbocycles. The van der Waals surface area contributed by atoms with Crippen LogP contribution >= 0.6 is 45.2 Å². The van der Waals surface area contributed by atoms with Gasteiger partial charge in [-0.1, -0.05) is 90.6 Å². The predicted molar refractivity (Wildman–Crippen MR) is 280 cm³/mol. The number of carbonyl (C=O) groups is 6. The molecule has 2 fully saturated rings. The van der Waals surface area contributed by atoms with Gasteiger partial charge in [0.25, 0.3) is 0 Å². The minimum absolute atomic E-state index is 0.00539. The Morgan fingerprint density at radius 3 is 1.39 bits per heavy atom. The van der Waals surface area contributed by atoms with E-state index in [1.165, 1.54) is 39.7 Å². The summed E-state index contributed by atoms with van der Waals surface area (Å²) in [4.78, 5) is 99.2. The first-order valence-electron chi connectivity index (χ1n) is 23.5. The summed E-state index contributed by atoms with van der Waals surface area (Å²) in [6.07, 6.45) is 8.37. The Morgan fingerprint density at radius 1 is 0.653 bits per heavy atom. The van der Waals surface area contributed by atoms with Crippen molar-refractivity contribution in [1.29, 1.82) is 0 Å². The zero-order valence-electron chi connectivity index (χ0n) is 41.1. The number of halogens is 2. The molecule has 0 aliphatic carbocycles. The Balaban J connectivity index is 0.000000267. The van der Waals surface area contributed by atoms with Crippen LogP contribution in [-0.4, -0.2) is 109 Å². The van der Waals surface area contributed by atoms with Crippen molar-refractivity contribution >= 4 is 80.9 Å². The van der Waals surface area contributed by atoms with Gasteiger partial charge in [0.2, 0.25) is 11.8 Å². The summed E-state index contributed by atoms with van der Waals surface area (Å²) in [5.41, 5.74) is 3.80. The molecule has 0 saturated carbocycles. The quantitative estimate of drug-likeness (QED) is 0.0186. The predicted octanol–water partition coefficient (Wildman–Crippen LogP) is 7.34. The number of hydrogen-bond acceptors (Lipinski definition) is 15. The molecule has 0 bridgehead atoms. The summed E-state index contributed by atoms with van der Waals surface area (Å²) in [7, 11) is 0. The zero-order chi connectivity index (χ0) is 52.8. The van der Waals surface area contributed by atoms with Crippen LogP contribution in [0.2, 0.25) is 0 Å². The smallest absolute Gasteiger partial charge is 0.355 e. The van der Waals surface area contributed by atoms with Crippen LogP contribution in [0.3, 0.4) is 0 Å². The largest absolute Gasteiger partial charge is 0.488 e. The Bertz CT molecular complexity index is 2300.